The summed E-state index contributed by atoms with van der Waals surface area (Å²) in [4.78, 5) is 11.7. The second-order valence-corrected chi connectivity index (χ2v) is 4.90. The molecule has 3 atom stereocenters. The lowest BCUT2D eigenvalue weighted by molar-refractivity contribution is -0.160. The molecule has 2 rings (SSSR count). The predicted molar refractivity (Wildman–Crippen MR) is 59.7 cm³/mol. The maximum absolute atomic E-state index is 14.4. The van der Waals surface area contributed by atoms with Gasteiger partial charge in [0, 0.05) is 5.92 Å². The fraction of sp³-hybridized carbons (Fsp3) is 0.769. The smallest absolute Gasteiger partial charge is 0.344 e. The summed E-state index contributed by atoms with van der Waals surface area (Å²) in [5, 5.41) is 0. The predicted octanol–water partition coefficient (Wildman–Crippen LogP) is 3.02. The van der Waals surface area contributed by atoms with Gasteiger partial charge in [-0.25, -0.2) is 9.18 Å². The Bertz CT molecular complexity index is 300. The molecule has 0 aromatic carbocycles. The van der Waals surface area contributed by atoms with Crippen molar-refractivity contribution in [2.45, 2.75) is 44.7 Å². The fourth-order valence-corrected chi connectivity index (χ4v) is 2.67. The van der Waals surface area contributed by atoms with Crippen LogP contribution in [0.1, 0.15) is 39.0 Å². The van der Waals surface area contributed by atoms with E-state index in [0.29, 0.717) is 13.0 Å². The van der Waals surface area contributed by atoms with Gasteiger partial charge in [-0.05, 0) is 25.2 Å². The Morgan fingerprint density at radius 3 is 2.88 bits per heavy atom. The first-order chi connectivity index (χ1) is 7.66. The molecule has 1 saturated carbocycles. The molecular weight excluding hydrogens is 207 g/mol. The third-order valence-electron chi connectivity index (χ3n) is 3.64. The quantitative estimate of drug-likeness (QED) is 0.409. The maximum atomic E-state index is 14.4. The van der Waals surface area contributed by atoms with E-state index in [9.17, 15) is 9.18 Å². The second kappa shape index (κ2) is 4.56. The number of hydrogen-bond donors (Lipinski definition) is 0. The van der Waals surface area contributed by atoms with Crippen molar-refractivity contribution in [1.82, 2.24) is 0 Å². The van der Waals surface area contributed by atoms with Gasteiger partial charge in [0.2, 0.25) is 5.67 Å². The van der Waals surface area contributed by atoms with Crippen molar-refractivity contribution >= 4 is 5.97 Å². The van der Waals surface area contributed by atoms with Crippen LogP contribution in [0.15, 0.2) is 12.2 Å². The lowest BCUT2D eigenvalue weighted by atomic mass is 9.90. The summed E-state index contributed by atoms with van der Waals surface area (Å²) >= 11 is 0. The van der Waals surface area contributed by atoms with Gasteiger partial charge in [0.1, 0.15) is 0 Å². The number of alkyl halides is 1. The highest BCUT2D eigenvalue weighted by Crippen LogP contribution is 2.49. The van der Waals surface area contributed by atoms with Crippen molar-refractivity contribution < 1.29 is 13.9 Å². The minimum absolute atomic E-state index is 0.240. The van der Waals surface area contributed by atoms with Crippen molar-refractivity contribution in [1.29, 1.82) is 0 Å². The van der Waals surface area contributed by atoms with Gasteiger partial charge in [-0.1, -0.05) is 31.9 Å². The molecule has 3 heteroatoms. The van der Waals surface area contributed by atoms with E-state index in [4.69, 9.17) is 4.74 Å². The van der Waals surface area contributed by atoms with Gasteiger partial charge in [-0.15, -0.1) is 0 Å². The van der Waals surface area contributed by atoms with Gasteiger partial charge in [0.25, 0.3) is 0 Å². The summed E-state index contributed by atoms with van der Waals surface area (Å²) in [6.45, 7) is 2.44. The molecule has 2 aliphatic carbocycles. The minimum atomic E-state index is -1.73. The second-order valence-electron chi connectivity index (χ2n) is 4.90. The minimum Gasteiger partial charge on any atom is -0.463 e. The number of carbonyl (C=O) groups excluding carboxylic acids is 1. The van der Waals surface area contributed by atoms with Crippen LogP contribution in [0.4, 0.5) is 4.39 Å². The molecule has 1 fully saturated rings. The van der Waals surface area contributed by atoms with Crippen LogP contribution < -0.4 is 0 Å². The Balaban J connectivity index is 1.83. The first kappa shape index (κ1) is 11.6. The SMILES string of the molecule is CCCCCOC(=O)[C@]1(F)C[C@H]2C=C[C@@H]1C2. The standard InChI is InChI=1S/C13H19FO2/c1-2-3-4-7-16-12(15)13(14)9-10-5-6-11(13)8-10/h5-6,10-11H,2-4,7-9H2,1H3/t10-,11+,13-/m0/s1. The Labute approximate surface area is 95.9 Å². The average Bonchev–Trinajstić information content (AvgIpc) is 2.84. The van der Waals surface area contributed by atoms with E-state index >= 15 is 0 Å². The number of rotatable bonds is 5. The van der Waals surface area contributed by atoms with Crippen molar-refractivity contribution in [2.24, 2.45) is 11.8 Å². The zero-order chi connectivity index (χ0) is 11.6. The van der Waals surface area contributed by atoms with E-state index in [1.807, 2.05) is 12.2 Å². The Hall–Kier alpha value is -0.860. The van der Waals surface area contributed by atoms with E-state index in [1.165, 1.54) is 0 Å². The van der Waals surface area contributed by atoms with Gasteiger partial charge in [-0.3, -0.25) is 0 Å². The lowest BCUT2D eigenvalue weighted by Gasteiger charge is -2.24. The first-order valence-corrected chi connectivity index (χ1v) is 6.21. The highest BCUT2D eigenvalue weighted by Gasteiger charge is 2.55. The van der Waals surface area contributed by atoms with Gasteiger partial charge >= 0.3 is 5.97 Å². The Kier molecular flexibility index (Phi) is 3.31. The van der Waals surface area contributed by atoms with Crippen LogP contribution >= 0.6 is 0 Å². The number of hydrogen-bond acceptors (Lipinski definition) is 2. The Morgan fingerprint density at radius 2 is 2.31 bits per heavy atom. The van der Waals surface area contributed by atoms with Crippen LogP contribution in [0, 0.1) is 11.8 Å². The van der Waals surface area contributed by atoms with Crippen LogP contribution in [-0.2, 0) is 9.53 Å². The van der Waals surface area contributed by atoms with Crippen molar-refractivity contribution in [3.8, 4) is 0 Å². The van der Waals surface area contributed by atoms with Crippen LogP contribution in [0.25, 0.3) is 0 Å². The number of ether oxygens (including phenoxy) is 1. The molecular formula is C13H19FO2. The highest BCUT2D eigenvalue weighted by molar-refractivity contribution is 5.81. The lowest BCUT2D eigenvalue weighted by Crippen LogP contribution is -2.39. The van der Waals surface area contributed by atoms with E-state index in [-0.39, 0.29) is 11.8 Å². The monoisotopic (exact) mass is 226 g/mol. The number of esters is 1. The molecule has 2 aliphatic rings. The van der Waals surface area contributed by atoms with Gasteiger partial charge in [-0.2, -0.15) is 0 Å². The van der Waals surface area contributed by atoms with Gasteiger partial charge < -0.3 is 4.74 Å². The van der Waals surface area contributed by atoms with E-state index < -0.39 is 11.6 Å². The number of carbonyl (C=O) groups is 1. The van der Waals surface area contributed by atoms with E-state index in [2.05, 4.69) is 6.92 Å². The molecule has 0 N–H and O–H groups in total. The summed E-state index contributed by atoms with van der Waals surface area (Å²) in [6.07, 6.45) is 7.89. The van der Waals surface area contributed by atoms with Gasteiger partial charge in [0.05, 0.1) is 6.61 Å². The maximum Gasteiger partial charge on any atom is 0.344 e. The van der Waals surface area contributed by atoms with Gasteiger partial charge in [0.15, 0.2) is 0 Å². The van der Waals surface area contributed by atoms with Crippen LogP contribution in [0.2, 0.25) is 0 Å². The van der Waals surface area contributed by atoms with Crippen molar-refractivity contribution in [3.05, 3.63) is 12.2 Å². The Morgan fingerprint density at radius 1 is 1.50 bits per heavy atom. The zero-order valence-corrected chi connectivity index (χ0v) is 9.75. The molecule has 2 bridgehead atoms. The molecule has 16 heavy (non-hydrogen) atoms. The molecule has 0 aromatic rings. The summed E-state index contributed by atoms with van der Waals surface area (Å²) in [5.74, 6) is -0.630. The third-order valence-corrected chi connectivity index (χ3v) is 3.64. The van der Waals surface area contributed by atoms with Crippen LogP contribution in [0.5, 0.6) is 0 Å². The van der Waals surface area contributed by atoms with Crippen LogP contribution in [-0.4, -0.2) is 18.2 Å². The number of unbranched alkanes of at least 4 members (excludes halogenated alkanes) is 2. The normalized spacial score (nSPS) is 35.6. The van der Waals surface area contributed by atoms with Crippen LogP contribution in [0.3, 0.4) is 0 Å². The topological polar surface area (TPSA) is 26.3 Å². The molecule has 90 valence electrons. The largest absolute Gasteiger partial charge is 0.463 e. The molecule has 0 radical (unpaired) electrons. The first-order valence-electron chi connectivity index (χ1n) is 6.21. The number of halogens is 1. The molecule has 2 nitrogen and oxygen atoms in total. The van der Waals surface area contributed by atoms with E-state index in [0.717, 1.165) is 25.7 Å². The summed E-state index contributed by atoms with van der Waals surface area (Å²) in [6, 6.07) is 0. The fourth-order valence-electron chi connectivity index (χ4n) is 2.67. The molecule has 0 amide bonds. The molecule has 0 heterocycles. The highest BCUT2D eigenvalue weighted by atomic mass is 19.1. The molecule has 0 spiro atoms. The zero-order valence-electron chi connectivity index (χ0n) is 9.75. The molecule has 0 saturated heterocycles. The summed E-state index contributed by atoms with van der Waals surface area (Å²) < 4.78 is 19.4. The third kappa shape index (κ3) is 2.00. The van der Waals surface area contributed by atoms with E-state index in [1.54, 1.807) is 0 Å². The molecule has 0 aromatic heterocycles. The van der Waals surface area contributed by atoms with Crippen molar-refractivity contribution in [2.75, 3.05) is 6.61 Å². The number of allylic oxidation sites excluding steroid dienone is 2. The average molecular weight is 226 g/mol. The number of fused-ring (bicyclic) bond motifs is 2. The summed E-state index contributed by atoms with van der Waals surface area (Å²) in [5.41, 5.74) is -1.73. The molecule has 0 aliphatic heterocycles. The summed E-state index contributed by atoms with van der Waals surface area (Å²) in [7, 11) is 0. The van der Waals surface area contributed by atoms with Crippen molar-refractivity contribution in [3.63, 3.8) is 0 Å². The molecule has 0 unspecified atom stereocenters.